The molecular weight excluding hydrogens is 200 g/mol. The summed E-state index contributed by atoms with van der Waals surface area (Å²) in [5.74, 6) is -1.55. The van der Waals surface area contributed by atoms with Crippen LogP contribution in [0.3, 0.4) is 0 Å². The van der Waals surface area contributed by atoms with Crippen molar-refractivity contribution in [2.45, 2.75) is 19.6 Å². The molecule has 1 rings (SSSR count). The van der Waals surface area contributed by atoms with E-state index in [1.165, 1.54) is 13.1 Å². The number of rotatable bonds is 3. The van der Waals surface area contributed by atoms with E-state index < -0.39 is 18.6 Å². The molecule has 5 N–H and O–H groups in total. The van der Waals surface area contributed by atoms with E-state index in [0.717, 1.165) is 0 Å². The van der Waals surface area contributed by atoms with Crippen molar-refractivity contribution in [3.05, 3.63) is 23.0 Å². The smallest absolute Gasteiger partial charge is 0.325 e. The topological polar surface area (TPSA) is 117 Å². The first-order valence-electron chi connectivity index (χ1n) is 4.25. The number of aromatic hydroxyl groups is 1. The number of carboxylic acids is 1. The standard InChI is InChI=1S/C9H12N2O4/c1-4-8(13)6(7(10)9(14)15)5(3-12)2-11-4/h2,7,12-13H,3,10H2,1H3,(H,14,15). The third-order valence-electron chi connectivity index (χ3n) is 2.11. The summed E-state index contributed by atoms with van der Waals surface area (Å²) in [5.41, 5.74) is 5.89. The Balaban J connectivity index is 3.35. The number of aromatic nitrogens is 1. The molecule has 0 aliphatic rings. The van der Waals surface area contributed by atoms with Crippen LogP contribution in [0, 0.1) is 6.92 Å². The van der Waals surface area contributed by atoms with Crippen molar-refractivity contribution >= 4 is 5.97 Å². The molecule has 82 valence electrons. The Hall–Kier alpha value is -1.66. The summed E-state index contributed by atoms with van der Waals surface area (Å²) >= 11 is 0. The Kier molecular flexibility index (Phi) is 3.23. The molecule has 0 fully saturated rings. The van der Waals surface area contributed by atoms with E-state index >= 15 is 0 Å². The highest BCUT2D eigenvalue weighted by Gasteiger charge is 2.23. The maximum absolute atomic E-state index is 10.7. The van der Waals surface area contributed by atoms with Gasteiger partial charge in [0.25, 0.3) is 0 Å². The van der Waals surface area contributed by atoms with E-state index in [0.29, 0.717) is 0 Å². The van der Waals surface area contributed by atoms with Crippen molar-refractivity contribution in [2.24, 2.45) is 5.73 Å². The summed E-state index contributed by atoms with van der Waals surface area (Å²) in [6.45, 7) is 1.10. The van der Waals surface area contributed by atoms with Crippen LogP contribution in [0.5, 0.6) is 5.75 Å². The molecule has 15 heavy (non-hydrogen) atoms. The molecule has 0 bridgehead atoms. The fourth-order valence-electron chi connectivity index (χ4n) is 1.25. The van der Waals surface area contributed by atoms with Crippen LogP contribution >= 0.6 is 0 Å². The normalized spacial score (nSPS) is 12.5. The van der Waals surface area contributed by atoms with Gasteiger partial charge in [-0.25, -0.2) is 0 Å². The highest BCUT2D eigenvalue weighted by atomic mass is 16.4. The fraction of sp³-hybridized carbons (Fsp3) is 0.333. The lowest BCUT2D eigenvalue weighted by molar-refractivity contribution is -0.138. The van der Waals surface area contributed by atoms with Crippen LogP contribution < -0.4 is 5.73 Å². The van der Waals surface area contributed by atoms with Gasteiger partial charge in [-0.2, -0.15) is 0 Å². The second-order valence-electron chi connectivity index (χ2n) is 3.11. The number of hydrogen-bond acceptors (Lipinski definition) is 5. The number of aryl methyl sites for hydroxylation is 1. The molecule has 0 saturated carbocycles. The molecule has 1 aromatic heterocycles. The molecule has 0 aliphatic carbocycles. The van der Waals surface area contributed by atoms with Gasteiger partial charge < -0.3 is 21.1 Å². The predicted octanol–water partition coefficient (Wildman–Crippen LogP) is -0.328. The maximum atomic E-state index is 10.7. The number of carboxylic acid groups (broad SMARTS) is 1. The molecule has 0 radical (unpaired) electrons. The van der Waals surface area contributed by atoms with Gasteiger partial charge in [-0.15, -0.1) is 0 Å². The van der Waals surface area contributed by atoms with Crippen LogP contribution in [-0.4, -0.2) is 26.3 Å². The summed E-state index contributed by atoms with van der Waals surface area (Å²) in [4.78, 5) is 14.5. The van der Waals surface area contributed by atoms with Crippen LogP contribution in [0.4, 0.5) is 0 Å². The van der Waals surface area contributed by atoms with Gasteiger partial charge >= 0.3 is 5.97 Å². The summed E-state index contributed by atoms with van der Waals surface area (Å²) in [5, 5.41) is 27.3. The SMILES string of the molecule is Cc1ncc(CO)c(C(N)C(=O)O)c1O. The van der Waals surface area contributed by atoms with Crippen molar-refractivity contribution < 1.29 is 20.1 Å². The number of aliphatic hydroxyl groups is 1. The van der Waals surface area contributed by atoms with Gasteiger partial charge in [0, 0.05) is 17.3 Å². The van der Waals surface area contributed by atoms with Crippen LogP contribution in [0.1, 0.15) is 22.9 Å². The third-order valence-corrected chi connectivity index (χ3v) is 2.11. The average molecular weight is 212 g/mol. The van der Waals surface area contributed by atoms with Crippen molar-refractivity contribution in [1.29, 1.82) is 0 Å². The van der Waals surface area contributed by atoms with Crippen LogP contribution in [0.15, 0.2) is 6.20 Å². The summed E-state index contributed by atoms with van der Waals surface area (Å²) in [7, 11) is 0. The average Bonchev–Trinajstić information content (AvgIpc) is 2.20. The Morgan fingerprint density at radius 3 is 2.73 bits per heavy atom. The number of aliphatic carboxylic acids is 1. The van der Waals surface area contributed by atoms with E-state index in [1.807, 2.05) is 0 Å². The van der Waals surface area contributed by atoms with Crippen molar-refractivity contribution in [3.8, 4) is 5.75 Å². The van der Waals surface area contributed by atoms with Gasteiger partial charge in [-0.1, -0.05) is 0 Å². The first-order chi connectivity index (χ1) is 6.99. The highest BCUT2D eigenvalue weighted by molar-refractivity contribution is 5.77. The van der Waals surface area contributed by atoms with E-state index in [2.05, 4.69) is 4.98 Å². The largest absolute Gasteiger partial charge is 0.506 e. The van der Waals surface area contributed by atoms with Crippen molar-refractivity contribution in [1.82, 2.24) is 4.98 Å². The highest BCUT2D eigenvalue weighted by Crippen LogP contribution is 2.28. The molecule has 1 unspecified atom stereocenters. The molecule has 1 aromatic rings. The van der Waals surface area contributed by atoms with E-state index in [1.54, 1.807) is 0 Å². The molecule has 0 aliphatic heterocycles. The molecule has 0 amide bonds. The summed E-state index contributed by atoms with van der Waals surface area (Å²) in [6, 6.07) is -1.37. The number of aliphatic hydroxyl groups excluding tert-OH is 1. The quantitative estimate of drug-likeness (QED) is 0.545. The minimum atomic E-state index is -1.37. The lowest BCUT2D eigenvalue weighted by atomic mass is 10.0. The molecular formula is C9H12N2O4. The van der Waals surface area contributed by atoms with Crippen molar-refractivity contribution in [2.75, 3.05) is 0 Å². The third kappa shape index (κ3) is 2.05. The summed E-state index contributed by atoms with van der Waals surface area (Å²) < 4.78 is 0. The monoisotopic (exact) mass is 212 g/mol. The molecule has 6 heteroatoms. The van der Waals surface area contributed by atoms with Crippen LogP contribution in [0.25, 0.3) is 0 Å². The zero-order valence-electron chi connectivity index (χ0n) is 8.14. The zero-order valence-corrected chi connectivity index (χ0v) is 8.14. The van der Waals surface area contributed by atoms with Gasteiger partial charge in [0.05, 0.1) is 12.3 Å². The van der Waals surface area contributed by atoms with Crippen LogP contribution in [0.2, 0.25) is 0 Å². The fourth-order valence-corrected chi connectivity index (χ4v) is 1.25. The number of pyridine rings is 1. The minimum Gasteiger partial charge on any atom is -0.506 e. The maximum Gasteiger partial charge on any atom is 0.325 e. The predicted molar refractivity (Wildman–Crippen MR) is 51.1 cm³/mol. The Bertz CT molecular complexity index is 392. The van der Waals surface area contributed by atoms with Crippen LogP contribution in [-0.2, 0) is 11.4 Å². The van der Waals surface area contributed by atoms with Gasteiger partial charge in [0.2, 0.25) is 0 Å². The molecule has 0 saturated heterocycles. The zero-order chi connectivity index (χ0) is 11.6. The lowest BCUT2D eigenvalue weighted by Crippen LogP contribution is -2.22. The van der Waals surface area contributed by atoms with Gasteiger partial charge in [-0.3, -0.25) is 9.78 Å². The first-order valence-corrected chi connectivity index (χ1v) is 4.25. The Morgan fingerprint density at radius 1 is 1.67 bits per heavy atom. The molecule has 1 atom stereocenters. The second kappa shape index (κ2) is 4.24. The van der Waals surface area contributed by atoms with E-state index in [-0.39, 0.29) is 22.6 Å². The Labute approximate surface area is 86.0 Å². The minimum absolute atomic E-state index is 0.0116. The number of nitrogens with two attached hydrogens (primary N) is 1. The molecule has 0 spiro atoms. The number of nitrogens with zero attached hydrogens (tertiary/aromatic N) is 1. The van der Waals surface area contributed by atoms with Gasteiger partial charge in [0.15, 0.2) is 0 Å². The molecule has 0 aromatic carbocycles. The number of hydrogen-bond donors (Lipinski definition) is 4. The van der Waals surface area contributed by atoms with E-state index in [4.69, 9.17) is 15.9 Å². The first kappa shape index (κ1) is 11.4. The van der Waals surface area contributed by atoms with Gasteiger partial charge in [0.1, 0.15) is 11.8 Å². The summed E-state index contributed by atoms with van der Waals surface area (Å²) in [6.07, 6.45) is 1.30. The molecule has 1 heterocycles. The molecule has 6 nitrogen and oxygen atoms in total. The lowest BCUT2D eigenvalue weighted by Gasteiger charge is -2.14. The second-order valence-corrected chi connectivity index (χ2v) is 3.11. The van der Waals surface area contributed by atoms with E-state index in [9.17, 15) is 9.90 Å². The van der Waals surface area contributed by atoms with Gasteiger partial charge in [-0.05, 0) is 6.92 Å². The van der Waals surface area contributed by atoms with Crippen molar-refractivity contribution in [3.63, 3.8) is 0 Å². The number of carbonyl (C=O) groups is 1. The Morgan fingerprint density at radius 2 is 2.27 bits per heavy atom.